The van der Waals surface area contributed by atoms with Crippen molar-refractivity contribution >= 4 is 11.9 Å². The predicted octanol–water partition coefficient (Wildman–Crippen LogP) is 1.76. The van der Waals surface area contributed by atoms with E-state index in [0.29, 0.717) is 31.6 Å². The zero-order valence-electron chi connectivity index (χ0n) is 9.94. The maximum atomic E-state index is 11.6. The first-order valence-electron chi connectivity index (χ1n) is 5.73. The van der Waals surface area contributed by atoms with Crippen LogP contribution < -0.4 is 5.32 Å². The summed E-state index contributed by atoms with van der Waals surface area (Å²) in [4.78, 5) is 22.6. The molecule has 0 aromatic heterocycles. The summed E-state index contributed by atoms with van der Waals surface area (Å²) in [6, 6.07) is 8.99. The SMILES string of the molecule is CCOC(=O)CCCNC(=O)c1ccccc1. The summed E-state index contributed by atoms with van der Waals surface area (Å²) in [6.07, 6.45) is 0.931. The van der Waals surface area contributed by atoms with Crippen LogP contribution in [0, 0.1) is 0 Å². The average molecular weight is 235 g/mol. The quantitative estimate of drug-likeness (QED) is 0.603. The highest BCUT2D eigenvalue weighted by Gasteiger charge is 2.04. The summed E-state index contributed by atoms with van der Waals surface area (Å²) < 4.78 is 4.78. The second-order valence-corrected chi connectivity index (χ2v) is 3.53. The van der Waals surface area contributed by atoms with Gasteiger partial charge in [0.15, 0.2) is 0 Å². The lowest BCUT2D eigenvalue weighted by Crippen LogP contribution is -2.24. The number of ether oxygens (including phenoxy) is 1. The van der Waals surface area contributed by atoms with E-state index in [-0.39, 0.29) is 11.9 Å². The average Bonchev–Trinajstić information content (AvgIpc) is 2.36. The van der Waals surface area contributed by atoms with Crippen molar-refractivity contribution in [1.29, 1.82) is 0 Å². The minimum absolute atomic E-state index is 0.116. The van der Waals surface area contributed by atoms with Gasteiger partial charge in [0, 0.05) is 18.5 Å². The van der Waals surface area contributed by atoms with Crippen molar-refractivity contribution in [3.63, 3.8) is 0 Å². The third kappa shape index (κ3) is 5.15. The van der Waals surface area contributed by atoms with Crippen LogP contribution in [0.25, 0.3) is 0 Å². The van der Waals surface area contributed by atoms with E-state index in [2.05, 4.69) is 5.32 Å². The molecule has 1 amide bonds. The van der Waals surface area contributed by atoms with Gasteiger partial charge in [0.25, 0.3) is 5.91 Å². The molecule has 1 rings (SSSR count). The van der Waals surface area contributed by atoms with Crippen molar-refractivity contribution in [3.05, 3.63) is 35.9 Å². The van der Waals surface area contributed by atoms with Gasteiger partial charge in [-0.2, -0.15) is 0 Å². The molecule has 17 heavy (non-hydrogen) atoms. The maximum Gasteiger partial charge on any atom is 0.305 e. The first-order valence-corrected chi connectivity index (χ1v) is 5.73. The molecule has 1 aromatic carbocycles. The molecule has 1 aromatic rings. The molecule has 0 bridgehead atoms. The van der Waals surface area contributed by atoms with Crippen LogP contribution >= 0.6 is 0 Å². The van der Waals surface area contributed by atoms with E-state index in [9.17, 15) is 9.59 Å². The topological polar surface area (TPSA) is 55.4 Å². The fourth-order valence-corrected chi connectivity index (χ4v) is 1.36. The van der Waals surface area contributed by atoms with Crippen LogP contribution in [0.15, 0.2) is 30.3 Å². The Morgan fingerprint density at radius 1 is 1.24 bits per heavy atom. The molecule has 0 aliphatic rings. The normalized spacial score (nSPS) is 9.71. The highest BCUT2D eigenvalue weighted by atomic mass is 16.5. The van der Waals surface area contributed by atoms with Gasteiger partial charge >= 0.3 is 5.97 Å². The highest BCUT2D eigenvalue weighted by molar-refractivity contribution is 5.94. The molecular weight excluding hydrogens is 218 g/mol. The minimum Gasteiger partial charge on any atom is -0.466 e. The van der Waals surface area contributed by atoms with Gasteiger partial charge in [-0.1, -0.05) is 18.2 Å². The number of hydrogen-bond acceptors (Lipinski definition) is 3. The Kier molecular flexibility index (Phi) is 5.79. The van der Waals surface area contributed by atoms with Crippen molar-refractivity contribution in [2.45, 2.75) is 19.8 Å². The molecule has 4 nitrogen and oxygen atoms in total. The fraction of sp³-hybridized carbons (Fsp3) is 0.385. The number of carbonyl (C=O) groups excluding carboxylic acids is 2. The van der Waals surface area contributed by atoms with Crippen molar-refractivity contribution in [1.82, 2.24) is 5.32 Å². The maximum absolute atomic E-state index is 11.6. The van der Waals surface area contributed by atoms with Crippen LogP contribution in [0.3, 0.4) is 0 Å². The Labute approximate surface area is 101 Å². The first-order chi connectivity index (χ1) is 8.24. The molecule has 0 spiro atoms. The van der Waals surface area contributed by atoms with Gasteiger partial charge in [-0.3, -0.25) is 9.59 Å². The zero-order chi connectivity index (χ0) is 12.5. The number of rotatable bonds is 6. The van der Waals surface area contributed by atoms with E-state index >= 15 is 0 Å². The van der Waals surface area contributed by atoms with Gasteiger partial charge < -0.3 is 10.1 Å². The minimum atomic E-state index is -0.221. The molecule has 0 aliphatic heterocycles. The van der Waals surface area contributed by atoms with Gasteiger partial charge in [0.1, 0.15) is 0 Å². The van der Waals surface area contributed by atoms with Crippen LogP contribution in [-0.4, -0.2) is 25.0 Å². The van der Waals surface area contributed by atoms with E-state index in [4.69, 9.17) is 4.74 Å². The molecule has 4 heteroatoms. The van der Waals surface area contributed by atoms with Gasteiger partial charge in [0.05, 0.1) is 6.61 Å². The Morgan fingerprint density at radius 2 is 1.94 bits per heavy atom. The molecule has 0 fully saturated rings. The Balaban J connectivity index is 2.19. The van der Waals surface area contributed by atoms with Crippen LogP contribution in [0.5, 0.6) is 0 Å². The third-order valence-corrected chi connectivity index (χ3v) is 2.18. The first kappa shape index (κ1) is 13.2. The molecule has 0 radical (unpaired) electrons. The highest BCUT2D eigenvalue weighted by Crippen LogP contribution is 1.98. The molecular formula is C13H17NO3. The zero-order valence-corrected chi connectivity index (χ0v) is 9.94. The number of amides is 1. The smallest absolute Gasteiger partial charge is 0.305 e. The summed E-state index contributed by atoms with van der Waals surface area (Å²) in [5.74, 6) is -0.337. The lowest BCUT2D eigenvalue weighted by atomic mass is 10.2. The summed E-state index contributed by atoms with van der Waals surface area (Å²) in [5.41, 5.74) is 0.628. The molecule has 0 heterocycles. The van der Waals surface area contributed by atoms with E-state index in [1.54, 1.807) is 19.1 Å². The largest absolute Gasteiger partial charge is 0.466 e. The Bertz CT molecular complexity index is 362. The summed E-state index contributed by atoms with van der Waals surface area (Å²) >= 11 is 0. The number of benzene rings is 1. The third-order valence-electron chi connectivity index (χ3n) is 2.18. The standard InChI is InChI=1S/C13H17NO3/c1-2-17-12(15)9-6-10-14-13(16)11-7-4-3-5-8-11/h3-5,7-8H,2,6,9-10H2,1H3,(H,14,16). The van der Waals surface area contributed by atoms with E-state index in [1.165, 1.54) is 0 Å². The number of esters is 1. The van der Waals surface area contributed by atoms with E-state index in [1.807, 2.05) is 18.2 Å². The Hall–Kier alpha value is -1.84. The molecule has 0 saturated heterocycles. The Morgan fingerprint density at radius 3 is 2.59 bits per heavy atom. The predicted molar refractivity (Wildman–Crippen MR) is 64.6 cm³/mol. The van der Waals surface area contributed by atoms with Crippen LogP contribution in [-0.2, 0) is 9.53 Å². The van der Waals surface area contributed by atoms with Crippen LogP contribution in [0.2, 0.25) is 0 Å². The van der Waals surface area contributed by atoms with Crippen LogP contribution in [0.4, 0.5) is 0 Å². The lowest BCUT2D eigenvalue weighted by Gasteiger charge is -2.05. The van der Waals surface area contributed by atoms with Gasteiger partial charge in [0.2, 0.25) is 0 Å². The number of hydrogen-bond donors (Lipinski definition) is 1. The van der Waals surface area contributed by atoms with E-state index in [0.717, 1.165) is 0 Å². The summed E-state index contributed by atoms with van der Waals surface area (Å²) in [5, 5.41) is 2.75. The molecule has 0 atom stereocenters. The summed E-state index contributed by atoms with van der Waals surface area (Å²) in [7, 11) is 0. The summed E-state index contributed by atoms with van der Waals surface area (Å²) in [6.45, 7) is 2.65. The molecule has 0 aliphatic carbocycles. The fourth-order valence-electron chi connectivity index (χ4n) is 1.36. The van der Waals surface area contributed by atoms with Crippen molar-refractivity contribution in [2.24, 2.45) is 0 Å². The van der Waals surface area contributed by atoms with E-state index < -0.39 is 0 Å². The molecule has 1 N–H and O–H groups in total. The second-order valence-electron chi connectivity index (χ2n) is 3.53. The monoisotopic (exact) mass is 235 g/mol. The van der Waals surface area contributed by atoms with Gasteiger partial charge in [-0.25, -0.2) is 0 Å². The molecule has 92 valence electrons. The van der Waals surface area contributed by atoms with Gasteiger partial charge in [-0.15, -0.1) is 0 Å². The van der Waals surface area contributed by atoms with Crippen molar-refractivity contribution in [3.8, 4) is 0 Å². The lowest BCUT2D eigenvalue weighted by molar-refractivity contribution is -0.143. The van der Waals surface area contributed by atoms with Gasteiger partial charge in [-0.05, 0) is 25.5 Å². The number of carbonyl (C=O) groups is 2. The molecule has 0 unspecified atom stereocenters. The van der Waals surface area contributed by atoms with Crippen molar-refractivity contribution < 1.29 is 14.3 Å². The van der Waals surface area contributed by atoms with Crippen molar-refractivity contribution in [2.75, 3.05) is 13.2 Å². The molecule has 0 saturated carbocycles. The number of nitrogens with one attached hydrogen (secondary N) is 1. The van der Waals surface area contributed by atoms with Crippen LogP contribution in [0.1, 0.15) is 30.1 Å². The second kappa shape index (κ2) is 7.44.